The van der Waals surface area contributed by atoms with Gasteiger partial charge in [0, 0.05) is 10.8 Å². The molecule has 0 aliphatic heterocycles. The predicted octanol–water partition coefficient (Wildman–Crippen LogP) is 5.89. The highest BCUT2D eigenvalue weighted by molar-refractivity contribution is 6.20. The van der Waals surface area contributed by atoms with Gasteiger partial charge in [-0.15, -0.1) is 0 Å². The lowest BCUT2D eigenvalue weighted by Gasteiger charge is -2.03. The first-order valence-electron chi connectivity index (χ1n) is 7.13. The van der Waals surface area contributed by atoms with Crippen molar-refractivity contribution in [2.24, 2.45) is 0 Å². The van der Waals surface area contributed by atoms with E-state index in [4.69, 9.17) is 4.42 Å². The summed E-state index contributed by atoms with van der Waals surface area (Å²) < 4.78 is 6.05. The van der Waals surface area contributed by atoms with E-state index in [1.165, 1.54) is 26.9 Å². The molecule has 0 N–H and O–H groups in total. The maximum Gasteiger partial charge on any atom is 0.135 e. The second-order valence-corrected chi connectivity index (χ2v) is 5.45. The molecule has 1 aromatic heterocycles. The Morgan fingerprint density at radius 1 is 0.476 bits per heavy atom. The normalized spacial score (nSPS) is 11.8. The molecule has 0 spiro atoms. The summed E-state index contributed by atoms with van der Waals surface area (Å²) in [6.07, 6.45) is 0. The van der Waals surface area contributed by atoms with Crippen LogP contribution in [0.3, 0.4) is 0 Å². The molecule has 0 fully saturated rings. The topological polar surface area (TPSA) is 13.1 Å². The Bertz CT molecular complexity index is 1130. The number of hydrogen-bond donors (Lipinski definition) is 0. The quantitative estimate of drug-likeness (QED) is 0.319. The van der Waals surface area contributed by atoms with Gasteiger partial charge in [-0.3, -0.25) is 0 Å². The van der Waals surface area contributed by atoms with Crippen molar-refractivity contribution < 1.29 is 4.42 Å². The summed E-state index contributed by atoms with van der Waals surface area (Å²) in [5, 5.41) is 7.48. The molecule has 5 aromatic rings. The molecule has 0 atom stereocenters. The summed E-state index contributed by atoms with van der Waals surface area (Å²) in [5.41, 5.74) is 1.87. The maximum atomic E-state index is 6.05. The molecule has 0 amide bonds. The van der Waals surface area contributed by atoms with Crippen molar-refractivity contribution >= 4 is 43.5 Å². The van der Waals surface area contributed by atoms with E-state index in [1.807, 2.05) is 18.2 Å². The zero-order valence-corrected chi connectivity index (χ0v) is 11.3. The van der Waals surface area contributed by atoms with E-state index < -0.39 is 0 Å². The standard InChI is InChI=1S/C20H12O/c1-3-7-15-13(5-1)11-17-16(15)9-10-20-18(17)12-14-6-2-4-8-19(14)21-20/h1-12H. The second kappa shape index (κ2) is 3.86. The van der Waals surface area contributed by atoms with Crippen molar-refractivity contribution in [2.45, 2.75) is 0 Å². The molecule has 0 aliphatic rings. The van der Waals surface area contributed by atoms with E-state index in [0.717, 1.165) is 16.6 Å². The third-order valence-corrected chi connectivity index (χ3v) is 4.24. The van der Waals surface area contributed by atoms with Gasteiger partial charge in [0.2, 0.25) is 0 Å². The van der Waals surface area contributed by atoms with Crippen LogP contribution in [0, 0.1) is 0 Å². The Labute approximate surface area is 121 Å². The second-order valence-electron chi connectivity index (χ2n) is 5.45. The van der Waals surface area contributed by atoms with Gasteiger partial charge in [-0.05, 0) is 45.8 Å². The molecule has 98 valence electrons. The number of benzene rings is 3. The van der Waals surface area contributed by atoms with Crippen LogP contribution in [0.5, 0.6) is 0 Å². The van der Waals surface area contributed by atoms with Gasteiger partial charge in [0.25, 0.3) is 0 Å². The van der Waals surface area contributed by atoms with Gasteiger partial charge in [-0.2, -0.15) is 0 Å². The van der Waals surface area contributed by atoms with Crippen LogP contribution >= 0.6 is 0 Å². The lowest BCUT2D eigenvalue weighted by molar-refractivity contribution is 0.661. The first-order chi connectivity index (χ1) is 10.4. The zero-order chi connectivity index (χ0) is 13.8. The average Bonchev–Trinajstić information content (AvgIpc) is 2.92. The Morgan fingerprint density at radius 2 is 1.24 bits per heavy atom. The summed E-state index contributed by atoms with van der Waals surface area (Å²) in [6, 6.07) is 25.4. The minimum Gasteiger partial charge on any atom is -0.456 e. The molecule has 1 heteroatoms. The Hall–Kier alpha value is -2.80. The van der Waals surface area contributed by atoms with Gasteiger partial charge < -0.3 is 4.42 Å². The van der Waals surface area contributed by atoms with E-state index in [1.54, 1.807) is 0 Å². The largest absolute Gasteiger partial charge is 0.456 e. The molecule has 5 rings (SSSR count). The molecule has 1 heterocycles. The van der Waals surface area contributed by atoms with Crippen LogP contribution in [0.4, 0.5) is 0 Å². The van der Waals surface area contributed by atoms with Crippen LogP contribution in [0.25, 0.3) is 43.5 Å². The molecular weight excluding hydrogens is 256 g/mol. The molecule has 0 saturated heterocycles. The van der Waals surface area contributed by atoms with E-state index in [9.17, 15) is 0 Å². The van der Waals surface area contributed by atoms with Crippen LogP contribution < -0.4 is 0 Å². The molecule has 0 unspecified atom stereocenters. The van der Waals surface area contributed by atoms with E-state index in [2.05, 4.69) is 54.6 Å². The fourth-order valence-electron chi connectivity index (χ4n) is 3.23. The lowest BCUT2D eigenvalue weighted by Crippen LogP contribution is -1.77. The smallest absolute Gasteiger partial charge is 0.135 e. The number of fused-ring (bicyclic) bond motifs is 6. The monoisotopic (exact) mass is 268 g/mol. The van der Waals surface area contributed by atoms with Crippen molar-refractivity contribution in [3.8, 4) is 0 Å². The molecule has 4 aromatic carbocycles. The molecule has 21 heavy (non-hydrogen) atoms. The molecule has 1 nitrogen and oxygen atoms in total. The minimum atomic E-state index is 0.931. The average molecular weight is 268 g/mol. The van der Waals surface area contributed by atoms with Crippen LogP contribution in [-0.2, 0) is 0 Å². The highest BCUT2D eigenvalue weighted by atomic mass is 16.3. The van der Waals surface area contributed by atoms with E-state index >= 15 is 0 Å². The van der Waals surface area contributed by atoms with E-state index in [-0.39, 0.29) is 0 Å². The fourth-order valence-corrected chi connectivity index (χ4v) is 3.23. The van der Waals surface area contributed by atoms with Crippen molar-refractivity contribution in [1.82, 2.24) is 0 Å². The van der Waals surface area contributed by atoms with Crippen LogP contribution in [0.2, 0.25) is 0 Å². The summed E-state index contributed by atoms with van der Waals surface area (Å²) in [6.45, 7) is 0. The Morgan fingerprint density at radius 3 is 2.19 bits per heavy atom. The highest BCUT2D eigenvalue weighted by Crippen LogP contribution is 2.35. The third kappa shape index (κ3) is 1.46. The first kappa shape index (κ1) is 10.9. The molecule has 0 radical (unpaired) electrons. The van der Waals surface area contributed by atoms with Crippen LogP contribution in [0.1, 0.15) is 0 Å². The van der Waals surface area contributed by atoms with Crippen LogP contribution in [-0.4, -0.2) is 0 Å². The summed E-state index contributed by atoms with van der Waals surface area (Å²) in [4.78, 5) is 0. The van der Waals surface area contributed by atoms with Crippen molar-refractivity contribution in [1.29, 1.82) is 0 Å². The first-order valence-corrected chi connectivity index (χ1v) is 7.13. The van der Waals surface area contributed by atoms with E-state index in [0.29, 0.717) is 0 Å². The van der Waals surface area contributed by atoms with Crippen LogP contribution in [0.15, 0.2) is 77.2 Å². The molecule has 0 bridgehead atoms. The molecular formula is C20H12O. The van der Waals surface area contributed by atoms with Gasteiger partial charge in [0.05, 0.1) is 0 Å². The van der Waals surface area contributed by atoms with Gasteiger partial charge in [0.15, 0.2) is 0 Å². The predicted molar refractivity (Wildman–Crippen MR) is 88.7 cm³/mol. The third-order valence-electron chi connectivity index (χ3n) is 4.24. The van der Waals surface area contributed by atoms with Gasteiger partial charge >= 0.3 is 0 Å². The van der Waals surface area contributed by atoms with Crippen molar-refractivity contribution in [2.75, 3.05) is 0 Å². The zero-order valence-electron chi connectivity index (χ0n) is 11.3. The minimum absolute atomic E-state index is 0.931. The summed E-state index contributed by atoms with van der Waals surface area (Å²) in [7, 11) is 0. The Balaban J connectivity index is 2.05. The van der Waals surface area contributed by atoms with Gasteiger partial charge in [-0.25, -0.2) is 0 Å². The number of hydrogen-bond acceptors (Lipinski definition) is 1. The fraction of sp³-hybridized carbons (Fsp3) is 0. The Kier molecular flexibility index (Phi) is 2.01. The van der Waals surface area contributed by atoms with Gasteiger partial charge in [0.1, 0.15) is 11.2 Å². The highest BCUT2D eigenvalue weighted by Gasteiger charge is 2.09. The van der Waals surface area contributed by atoms with Gasteiger partial charge in [-0.1, -0.05) is 48.5 Å². The molecule has 0 saturated carbocycles. The van der Waals surface area contributed by atoms with Crippen molar-refractivity contribution in [3.63, 3.8) is 0 Å². The SMILES string of the molecule is c1ccc2oc3ccc4c5ccccc5cc4c3cc2c1. The number of para-hydroxylation sites is 1. The maximum absolute atomic E-state index is 6.05. The number of rotatable bonds is 0. The van der Waals surface area contributed by atoms with Crippen molar-refractivity contribution in [3.05, 3.63) is 72.8 Å². The lowest BCUT2D eigenvalue weighted by atomic mass is 10.1. The summed E-state index contributed by atoms with van der Waals surface area (Å²) >= 11 is 0. The molecule has 0 aliphatic carbocycles. The summed E-state index contributed by atoms with van der Waals surface area (Å²) in [5.74, 6) is 0.